The molecule has 1 fully saturated rings. The molecule has 2 aromatic carbocycles. The van der Waals surface area contributed by atoms with Crippen LogP contribution in [-0.2, 0) is 9.53 Å². The molecule has 4 nitrogen and oxygen atoms in total. The maximum absolute atomic E-state index is 13.4. The van der Waals surface area contributed by atoms with Crippen LogP contribution < -0.4 is 10.1 Å². The number of carbonyl (C=O) groups is 1. The van der Waals surface area contributed by atoms with Crippen molar-refractivity contribution < 1.29 is 14.3 Å². The average Bonchev–Trinajstić information content (AvgIpc) is 2.73. The van der Waals surface area contributed by atoms with Crippen molar-refractivity contribution in [2.24, 2.45) is 5.92 Å². The van der Waals surface area contributed by atoms with Crippen molar-refractivity contribution in [3.63, 3.8) is 0 Å². The van der Waals surface area contributed by atoms with Gasteiger partial charge >= 0.3 is 0 Å². The molecule has 1 amide bonds. The number of hydrogen-bond donors (Lipinski definition) is 1. The molecule has 0 bridgehead atoms. The molecule has 2 aromatic rings. The Morgan fingerprint density at radius 1 is 1.21 bits per heavy atom. The van der Waals surface area contributed by atoms with Crippen molar-refractivity contribution in [2.45, 2.75) is 77.9 Å². The normalized spacial score (nSPS) is 23.0. The van der Waals surface area contributed by atoms with Crippen LogP contribution in [-0.4, -0.2) is 24.2 Å². The van der Waals surface area contributed by atoms with E-state index in [4.69, 9.17) is 9.47 Å². The summed E-state index contributed by atoms with van der Waals surface area (Å²) < 4.78 is 12.3. The predicted octanol–water partition coefficient (Wildman–Crippen LogP) is 6.33. The van der Waals surface area contributed by atoms with Gasteiger partial charge in [0.1, 0.15) is 11.4 Å². The zero-order chi connectivity index (χ0) is 20.9. The van der Waals surface area contributed by atoms with Gasteiger partial charge in [0.2, 0.25) is 0 Å². The summed E-state index contributed by atoms with van der Waals surface area (Å²) in [7, 11) is 0. The van der Waals surface area contributed by atoms with E-state index in [0.717, 1.165) is 60.7 Å². The Hall–Kier alpha value is -2.07. The highest BCUT2D eigenvalue weighted by atomic mass is 16.5. The van der Waals surface area contributed by atoms with Gasteiger partial charge in [0.25, 0.3) is 5.91 Å². The number of fused-ring (bicyclic) bond motifs is 1. The standard InChI is InChI=1S/C25H35NO3/c1-5-16-28-25(15-9-10-18(3)17-25)24(27)26-22-13-14-23(29-19(4)6-2)21-12-8-7-11-20(21)22/h7-8,11-14,18-19H,5-6,9-10,15-17H2,1-4H3,(H,26,27). The van der Waals surface area contributed by atoms with E-state index in [-0.39, 0.29) is 12.0 Å². The van der Waals surface area contributed by atoms with Gasteiger partial charge in [-0.3, -0.25) is 4.79 Å². The van der Waals surface area contributed by atoms with Gasteiger partial charge in [-0.2, -0.15) is 0 Å². The third-order valence-corrected chi connectivity index (χ3v) is 5.99. The Balaban J connectivity index is 1.90. The van der Waals surface area contributed by atoms with E-state index in [1.165, 1.54) is 0 Å². The molecule has 1 saturated carbocycles. The molecule has 0 radical (unpaired) electrons. The van der Waals surface area contributed by atoms with Crippen molar-refractivity contribution in [3.8, 4) is 5.75 Å². The van der Waals surface area contributed by atoms with Gasteiger partial charge in [-0.05, 0) is 57.1 Å². The SMILES string of the molecule is CCCOC1(C(=O)Nc2ccc(OC(C)CC)c3ccccc23)CCCC(C)C1. The molecule has 3 unspecified atom stereocenters. The number of nitrogens with one attached hydrogen (secondary N) is 1. The quantitative estimate of drug-likeness (QED) is 0.566. The first-order valence-corrected chi connectivity index (χ1v) is 11.1. The van der Waals surface area contributed by atoms with E-state index in [2.05, 4.69) is 39.1 Å². The molecule has 0 aliphatic heterocycles. The monoisotopic (exact) mass is 397 g/mol. The van der Waals surface area contributed by atoms with E-state index in [1.807, 2.05) is 30.3 Å². The van der Waals surface area contributed by atoms with E-state index in [9.17, 15) is 4.79 Å². The first-order chi connectivity index (χ1) is 14.0. The van der Waals surface area contributed by atoms with Crippen LogP contribution in [0.3, 0.4) is 0 Å². The molecule has 0 heterocycles. The third kappa shape index (κ3) is 4.92. The topological polar surface area (TPSA) is 47.6 Å². The minimum absolute atomic E-state index is 0.0155. The van der Waals surface area contributed by atoms with Gasteiger partial charge < -0.3 is 14.8 Å². The molecule has 29 heavy (non-hydrogen) atoms. The summed E-state index contributed by atoms with van der Waals surface area (Å²) in [6.07, 6.45) is 5.77. The lowest BCUT2D eigenvalue weighted by molar-refractivity contribution is -0.148. The predicted molar refractivity (Wildman–Crippen MR) is 120 cm³/mol. The van der Waals surface area contributed by atoms with Crippen LogP contribution in [0.4, 0.5) is 5.69 Å². The summed E-state index contributed by atoms with van der Waals surface area (Å²) in [5.41, 5.74) is 0.0977. The Morgan fingerprint density at radius 3 is 2.66 bits per heavy atom. The molecule has 0 aromatic heterocycles. The molecule has 0 saturated heterocycles. The van der Waals surface area contributed by atoms with Crippen LogP contribution in [0.15, 0.2) is 36.4 Å². The maximum Gasteiger partial charge on any atom is 0.256 e. The van der Waals surface area contributed by atoms with Gasteiger partial charge in [-0.15, -0.1) is 0 Å². The summed E-state index contributed by atoms with van der Waals surface area (Å²) >= 11 is 0. The molecule has 4 heteroatoms. The van der Waals surface area contributed by atoms with E-state index in [0.29, 0.717) is 12.5 Å². The second kappa shape index (κ2) is 9.62. The Labute approximate surface area is 175 Å². The minimum atomic E-state index is -0.722. The number of ether oxygens (including phenoxy) is 2. The van der Waals surface area contributed by atoms with Crippen LogP contribution in [0.1, 0.15) is 66.2 Å². The molecular weight excluding hydrogens is 362 g/mol. The second-order valence-corrected chi connectivity index (χ2v) is 8.49. The molecule has 3 atom stereocenters. The smallest absolute Gasteiger partial charge is 0.256 e. The first-order valence-electron chi connectivity index (χ1n) is 11.1. The summed E-state index contributed by atoms with van der Waals surface area (Å²) in [6, 6.07) is 12.0. The number of benzene rings is 2. The highest BCUT2D eigenvalue weighted by molar-refractivity contribution is 6.06. The van der Waals surface area contributed by atoms with E-state index in [1.54, 1.807) is 0 Å². The van der Waals surface area contributed by atoms with Crippen LogP contribution in [0, 0.1) is 5.92 Å². The fourth-order valence-electron chi connectivity index (χ4n) is 4.22. The average molecular weight is 398 g/mol. The van der Waals surface area contributed by atoms with Crippen molar-refractivity contribution in [1.82, 2.24) is 0 Å². The molecule has 3 rings (SSSR count). The lowest BCUT2D eigenvalue weighted by atomic mass is 9.78. The molecular formula is C25H35NO3. The second-order valence-electron chi connectivity index (χ2n) is 8.49. The van der Waals surface area contributed by atoms with Crippen LogP contribution in [0.2, 0.25) is 0 Å². The van der Waals surface area contributed by atoms with Crippen LogP contribution >= 0.6 is 0 Å². The first kappa shape index (κ1) is 21.6. The summed E-state index contributed by atoms with van der Waals surface area (Å²) in [4.78, 5) is 13.4. The molecule has 0 spiro atoms. The third-order valence-electron chi connectivity index (χ3n) is 5.99. The summed E-state index contributed by atoms with van der Waals surface area (Å²) in [5, 5.41) is 5.22. The lowest BCUT2D eigenvalue weighted by Crippen LogP contribution is -2.48. The fraction of sp³-hybridized carbons (Fsp3) is 0.560. The molecule has 1 aliphatic rings. The highest BCUT2D eigenvalue weighted by Gasteiger charge is 2.42. The van der Waals surface area contributed by atoms with Crippen LogP contribution in [0.5, 0.6) is 5.75 Å². The molecule has 158 valence electrons. The number of rotatable bonds is 8. The number of amides is 1. The van der Waals surface area contributed by atoms with Gasteiger partial charge in [0.05, 0.1) is 6.10 Å². The van der Waals surface area contributed by atoms with Gasteiger partial charge in [0, 0.05) is 23.1 Å². The number of carbonyl (C=O) groups excluding carboxylic acids is 1. The zero-order valence-electron chi connectivity index (χ0n) is 18.3. The van der Waals surface area contributed by atoms with E-state index >= 15 is 0 Å². The van der Waals surface area contributed by atoms with Gasteiger partial charge in [0.15, 0.2) is 0 Å². The number of hydrogen-bond acceptors (Lipinski definition) is 3. The van der Waals surface area contributed by atoms with Gasteiger partial charge in [-0.1, -0.05) is 51.5 Å². The zero-order valence-corrected chi connectivity index (χ0v) is 18.3. The highest BCUT2D eigenvalue weighted by Crippen LogP contribution is 2.38. The van der Waals surface area contributed by atoms with Crippen molar-refractivity contribution in [3.05, 3.63) is 36.4 Å². The maximum atomic E-state index is 13.4. The fourth-order valence-corrected chi connectivity index (χ4v) is 4.22. The van der Waals surface area contributed by atoms with E-state index < -0.39 is 5.60 Å². The minimum Gasteiger partial charge on any atom is -0.490 e. The summed E-state index contributed by atoms with van der Waals surface area (Å²) in [5.74, 6) is 1.34. The van der Waals surface area contributed by atoms with Gasteiger partial charge in [-0.25, -0.2) is 0 Å². The largest absolute Gasteiger partial charge is 0.490 e. The van der Waals surface area contributed by atoms with Crippen LogP contribution in [0.25, 0.3) is 10.8 Å². The lowest BCUT2D eigenvalue weighted by Gasteiger charge is -2.38. The Morgan fingerprint density at radius 2 is 1.97 bits per heavy atom. The van der Waals surface area contributed by atoms with Crippen molar-refractivity contribution in [2.75, 3.05) is 11.9 Å². The van der Waals surface area contributed by atoms with Crippen molar-refractivity contribution >= 4 is 22.4 Å². The molecule has 1 aliphatic carbocycles. The Kier molecular flexibility index (Phi) is 7.18. The Bertz CT molecular complexity index is 834. The summed E-state index contributed by atoms with van der Waals surface area (Å²) in [6.45, 7) is 9.10. The number of anilines is 1. The molecule has 1 N–H and O–H groups in total. The van der Waals surface area contributed by atoms with Crippen molar-refractivity contribution in [1.29, 1.82) is 0 Å².